The first-order valence-electron chi connectivity index (χ1n) is 5.01. The van der Waals surface area contributed by atoms with Crippen LogP contribution in [0.5, 0.6) is 0 Å². The minimum Gasteiger partial charge on any atom is -0.469 e. The van der Waals surface area contributed by atoms with Crippen molar-refractivity contribution in [3.05, 3.63) is 0 Å². The van der Waals surface area contributed by atoms with Gasteiger partial charge in [0, 0.05) is 12.8 Å². The van der Waals surface area contributed by atoms with Gasteiger partial charge in [-0.2, -0.15) is 0 Å². The Morgan fingerprint density at radius 2 is 2.07 bits per heavy atom. The summed E-state index contributed by atoms with van der Waals surface area (Å²) in [5.74, 6) is -0.670. The van der Waals surface area contributed by atoms with Crippen molar-refractivity contribution in [1.29, 1.82) is 0 Å². The summed E-state index contributed by atoms with van der Waals surface area (Å²) in [6, 6.07) is 0. The number of hydrogen-bond donors (Lipinski definition) is 0. The van der Waals surface area contributed by atoms with Crippen LogP contribution in [0.3, 0.4) is 0 Å². The van der Waals surface area contributed by atoms with E-state index in [2.05, 4.69) is 4.74 Å². The summed E-state index contributed by atoms with van der Waals surface area (Å²) in [4.78, 5) is 10.9. The molecule has 1 heterocycles. The second-order valence-corrected chi connectivity index (χ2v) is 3.61. The molecule has 0 bridgehead atoms. The largest absolute Gasteiger partial charge is 0.469 e. The molecule has 0 spiro atoms. The molecule has 0 unspecified atom stereocenters. The highest BCUT2D eigenvalue weighted by molar-refractivity contribution is 5.68. The van der Waals surface area contributed by atoms with Crippen molar-refractivity contribution < 1.29 is 19.0 Å². The third-order valence-corrected chi connectivity index (χ3v) is 2.34. The Morgan fingerprint density at radius 1 is 1.43 bits per heavy atom. The van der Waals surface area contributed by atoms with Crippen molar-refractivity contribution >= 4 is 5.97 Å². The molecule has 14 heavy (non-hydrogen) atoms. The van der Waals surface area contributed by atoms with E-state index in [1.54, 1.807) is 0 Å². The number of esters is 1. The van der Waals surface area contributed by atoms with Gasteiger partial charge in [-0.15, -0.1) is 0 Å². The van der Waals surface area contributed by atoms with Crippen molar-refractivity contribution in [2.45, 2.75) is 38.4 Å². The van der Waals surface area contributed by atoms with Crippen LogP contribution in [0.25, 0.3) is 0 Å². The number of carbonyl (C=O) groups excluding carboxylic acids is 1. The van der Waals surface area contributed by atoms with Gasteiger partial charge in [0.1, 0.15) is 0 Å². The molecule has 0 amide bonds. The van der Waals surface area contributed by atoms with Crippen molar-refractivity contribution in [3.8, 4) is 0 Å². The van der Waals surface area contributed by atoms with Crippen molar-refractivity contribution in [3.63, 3.8) is 0 Å². The van der Waals surface area contributed by atoms with Crippen LogP contribution in [0.2, 0.25) is 0 Å². The van der Waals surface area contributed by atoms with E-state index < -0.39 is 5.79 Å². The highest BCUT2D eigenvalue weighted by Gasteiger charge is 2.28. The fourth-order valence-corrected chi connectivity index (χ4v) is 1.48. The topological polar surface area (TPSA) is 44.8 Å². The summed E-state index contributed by atoms with van der Waals surface area (Å²) in [5, 5.41) is 0. The Labute approximate surface area is 84.5 Å². The van der Waals surface area contributed by atoms with Gasteiger partial charge in [0.05, 0.1) is 20.3 Å². The molecular formula is C10H18O4. The van der Waals surface area contributed by atoms with Gasteiger partial charge in [-0.1, -0.05) is 0 Å². The number of rotatable bonds is 4. The minimum absolute atomic E-state index is 0.176. The maximum absolute atomic E-state index is 10.9. The fourth-order valence-electron chi connectivity index (χ4n) is 1.48. The highest BCUT2D eigenvalue weighted by Crippen LogP contribution is 2.24. The fraction of sp³-hybridized carbons (Fsp3) is 0.900. The number of carbonyl (C=O) groups is 1. The molecule has 4 nitrogen and oxygen atoms in total. The number of hydrogen-bond acceptors (Lipinski definition) is 4. The lowest BCUT2D eigenvalue weighted by Crippen LogP contribution is -2.37. The van der Waals surface area contributed by atoms with Crippen LogP contribution in [-0.2, 0) is 19.0 Å². The van der Waals surface area contributed by atoms with Gasteiger partial charge >= 0.3 is 5.97 Å². The zero-order valence-electron chi connectivity index (χ0n) is 8.88. The summed E-state index contributed by atoms with van der Waals surface area (Å²) < 4.78 is 15.6. The van der Waals surface area contributed by atoms with Crippen LogP contribution in [0.15, 0.2) is 0 Å². The maximum atomic E-state index is 10.9. The van der Waals surface area contributed by atoms with Gasteiger partial charge in [-0.25, -0.2) is 0 Å². The third kappa shape index (κ3) is 3.64. The van der Waals surface area contributed by atoms with E-state index in [0.717, 1.165) is 32.5 Å². The molecule has 0 aromatic carbocycles. The van der Waals surface area contributed by atoms with Gasteiger partial charge < -0.3 is 14.2 Å². The van der Waals surface area contributed by atoms with Crippen molar-refractivity contribution in [2.24, 2.45) is 0 Å². The SMILES string of the molecule is COC(=O)CCCC1(C)OCCCO1. The smallest absolute Gasteiger partial charge is 0.305 e. The van der Waals surface area contributed by atoms with E-state index in [-0.39, 0.29) is 5.97 Å². The monoisotopic (exact) mass is 202 g/mol. The lowest BCUT2D eigenvalue weighted by atomic mass is 10.1. The lowest BCUT2D eigenvalue weighted by Gasteiger charge is -2.33. The van der Waals surface area contributed by atoms with Crippen molar-refractivity contribution in [2.75, 3.05) is 20.3 Å². The van der Waals surface area contributed by atoms with E-state index >= 15 is 0 Å². The summed E-state index contributed by atoms with van der Waals surface area (Å²) in [5.41, 5.74) is 0. The first-order chi connectivity index (χ1) is 6.66. The average molecular weight is 202 g/mol. The quantitative estimate of drug-likeness (QED) is 0.648. The molecule has 0 saturated carbocycles. The van der Waals surface area contributed by atoms with E-state index in [1.165, 1.54) is 7.11 Å². The van der Waals surface area contributed by atoms with Crippen LogP contribution in [0, 0.1) is 0 Å². The Kier molecular flexibility index (Phi) is 4.35. The predicted molar refractivity (Wildman–Crippen MR) is 50.8 cm³/mol. The van der Waals surface area contributed by atoms with Gasteiger partial charge in [0.25, 0.3) is 0 Å². The normalized spacial score (nSPS) is 20.4. The molecule has 0 aromatic rings. The first-order valence-corrected chi connectivity index (χ1v) is 5.01. The van der Waals surface area contributed by atoms with Gasteiger partial charge in [-0.3, -0.25) is 4.79 Å². The molecule has 1 rings (SSSR count). The molecule has 0 atom stereocenters. The van der Waals surface area contributed by atoms with E-state index in [0.29, 0.717) is 6.42 Å². The molecule has 1 aliphatic heterocycles. The van der Waals surface area contributed by atoms with Crippen LogP contribution >= 0.6 is 0 Å². The summed E-state index contributed by atoms with van der Waals surface area (Å²) in [6.45, 7) is 3.41. The molecule has 0 aromatic heterocycles. The molecular weight excluding hydrogens is 184 g/mol. The molecule has 1 saturated heterocycles. The Morgan fingerprint density at radius 3 is 2.64 bits per heavy atom. The predicted octanol–water partition coefficient (Wildman–Crippen LogP) is 1.48. The summed E-state index contributed by atoms with van der Waals surface area (Å²) in [6.07, 6.45) is 2.86. The van der Waals surface area contributed by atoms with Gasteiger partial charge in [-0.05, 0) is 19.8 Å². The van der Waals surface area contributed by atoms with Crippen LogP contribution in [0.4, 0.5) is 0 Å². The molecule has 0 aliphatic carbocycles. The van der Waals surface area contributed by atoms with Crippen LogP contribution in [-0.4, -0.2) is 32.1 Å². The van der Waals surface area contributed by atoms with Crippen LogP contribution in [0.1, 0.15) is 32.6 Å². The second kappa shape index (κ2) is 5.32. The molecule has 1 aliphatic rings. The van der Waals surface area contributed by atoms with Gasteiger partial charge in [0.15, 0.2) is 5.79 Å². The first kappa shape index (κ1) is 11.5. The second-order valence-electron chi connectivity index (χ2n) is 3.61. The zero-order valence-corrected chi connectivity index (χ0v) is 8.88. The molecule has 0 N–H and O–H groups in total. The lowest BCUT2D eigenvalue weighted by molar-refractivity contribution is -0.259. The van der Waals surface area contributed by atoms with E-state index in [1.807, 2.05) is 6.92 Å². The maximum Gasteiger partial charge on any atom is 0.305 e. The highest BCUT2D eigenvalue weighted by atomic mass is 16.7. The Balaban J connectivity index is 2.18. The molecule has 82 valence electrons. The van der Waals surface area contributed by atoms with Crippen molar-refractivity contribution in [1.82, 2.24) is 0 Å². The van der Waals surface area contributed by atoms with E-state index in [9.17, 15) is 4.79 Å². The standard InChI is InChI=1S/C10H18O4/c1-10(13-7-4-8-14-10)6-3-5-9(11)12-2/h3-8H2,1-2H3. The third-order valence-electron chi connectivity index (χ3n) is 2.34. The van der Waals surface area contributed by atoms with Gasteiger partial charge in [0.2, 0.25) is 0 Å². The molecule has 1 fully saturated rings. The zero-order chi connectivity index (χ0) is 10.4. The summed E-state index contributed by atoms with van der Waals surface area (Å²) in [7, 11) is 1.40. The Hall–Kier alpha value is -0.610. The molecule has 0 radical (unpaired) electrons. The Bertz CT molecular complexity index is 185. The molecule has 4 heteroatoms. The minimum atomic E-state index is -0.494. The van der Waals surface area contributed by atoms with E-state index in [4.69, 9.17) is 9.47 Å². The number of ether oxygens (including phenoxy) is 3. The van der Waals surface area contributed by atoms with Crippen LogP contribution < -0.4 is 0 Å². The summed E-state index contributed by atoms with van der Waals surface area (Å²) >= 11 is 0. The average Bonchev–Trinajstić information content (AvgIpc) is 2.18. The number of methoxy groups -OCH3 is 1.